The van der Waals surface area contributed by atoms with Crippen molar-refractivity contribution in [1.82, 2.24) is 4.98 Å². The standard InChI is InChI=1S/C9H11NO4/c1-13-6-3-4-7(10-5-6)8(14-2)9(11)12/h3-5,8H,1-2H3,(H,11,12)/t8-/m1/s1. The first-order valence-corrected chi connectivity index (χ1v) is 3.94. The molecule has 0 spiro atoms. The van der Waals surface area contributed by atoms with Crippen molar-refractivity contribution in [2.45, 2.75) is 6.10 Å². The van der Waals surface area contributed by atoms with Gasteiger partial charge in [-0.25, -0.2) is 4.79 Å². The molecule has 1 aromatic rings. The Morgan fingerprint density at radius 3 is 2.57 bits per heavy atom. The molecule has 0 unspecified atom stereocenters. The van der Waals surface area contributed by atoms with Crippen LogP contribution in [-0.4, -0.2) is 30.3 Å². The van der Waals surface area contributed by atoms with Crippen molar-refractivity contribution in [2.75, 3.05) is 14.2 Å². The van der Waals surface area contributed by atoms with Gasteiger partial charge >= 0.3 is 5.97 Å². The minimum atomic E-state index is -1.06. The van der Waals surface area contributed by atoms with Gasteiger partial charge in [-0.1, -0.05) is 0 Å². The molecule has 76 valence electrons. The number of carboxylic acid groups (broad SMARTS) is 1. The number of carboxylic acids is 1. The molecule has 0 saturated heterocycles. The van der Waals surface area contributed by atoms with Crippen molar-refractivity contribution in [3.63, 3.8) is 0 Å². The van der Waals surface area contributed by atoms with E-state index in [0.29, 0.717) is 11.4 Å². The van der Waals surface area contributed by atoms with E-state index >= 15 is 0 Å². The second-order valence-electron chi connectivity index (χ2n) is 2.58. The maximum absolute atomic E-state index is 10.7. The lowest BCUT2D eigenvalue weighted by molar-refractivity contribution is -0.149. The van der Waals surface area contributed by atoms with Crippen LogP contribution in [0.1, 0.15) is 11.8 Å². The first kappa shape index (κ1) is 10.5. The van der Waals surface area contributed by atoms with Gasteiger partial charge in [0, 0.05) is 7.11 Å². The summed E-state index contributed by atoms with van der Waals surface area (Å²) in [7, 11) is 2.84. The van der Waals surface area contributed by atoms with Gasteiger partial charge in [-0.15, -0.1) is 0 Å². The molecule has 0 aliphatic rings. The molecule has 0 bridgehead atoms. The third-order valence-electron chi connectivity index (χ3n) is 1.72. The highest BCUT2D eigenvalue weighted by molar-refractivity contribution is 5.73. The SMILES string of the molecule is COc1ccc([C@@H](OC)C(=O)O)nc1. The summed E-state index contributed by atoms with van der Waals surface area (Å²) in [6, 6.07) is 3.19. The summed E-state index contributed by atoms with van der Waals surface area (Å²) in [5.74, 6) is -0.487. The summed E-state index contributed by atoms with van der Waals surface area (Å²) in [4.78, 5) is 14.6. The van der Waals surface area contributed by atoms with E-state index in [4.69, 9.17) is 14.6 Å². The van der Waals surface area contributed by atoms with Crippen LogP contribution in [-0.2, 0) is 9.53 Å². The molecule has 1 aromatic heterocycles. The van der Waals surface area contributed by atoms with Crippen LogP contribution in [0, 0.1) is 0 Å². The number of aliphatic carboxylic acids is 1. The number of nitrogens with zero attached hydrogens (tertiary/aromatic N) is 1. The highest BCUT2D eigenvalue weighted by Gasteiger charge is 2.19. The molecule has 0 aliphatic heterocycles. The molecule has 1 N–H and O–H groups in total. The number of carbonyl (C=O) groups is 1. The van der Waals surface area contributed by atoms with Crippen LogP contribution in [0.4, 0.5) is 0 Å². The molecule has 0 amide bonds. The van der Waals surface area contributed by atoms with E-state index in [9.17, 15) is 4.79 Å². The molecule has 0 aromatic carbocycles. The molecule has 5 heteroatoms. The second kappa shape index (κ2) is 4.57. The van der Waals surface area contributed by atoms with Gasteiger partial charge in [0.25, 0.3) is 0 Å². The lowest BCUT2D eigenvalue weighted by Crippen LogP contribution is -2.14. The van der Waals surface area contributed by atoms with Gasteiger partial charge < -0.3 is 14.6 Å². The Balaban J connectivity index is 2.89. The van der Waals surface area contributed by atoms with Gasteiger partial charge in [-0.3, -0.25) is 4.98 Å². The van der Waals surface area contributed by atoms with Gasteiger partial charge in [-0.2, -0.15) is 0 Å². The molecule has 0 saturated carbocycles. The lowest BCUT2D eigenvalue weighted by Gasteiger charge is -2.09. The molecule has 5 nitrogen and oxygen atoms in total. The summed E-state index contributed by atoms with van der Waals surface area (Å²) in [5.41, 5.74) is 0.348. The molecule has 0 radical (unpaired) electrons. The quantitative estimate of drug-likeness (QED) is 0.775. The molecule has 0 fully saturated rings. The number of methoxy groups -OCH3 is 2. The number of hydrogen-bond acceptors (Lipinski definition) is 4. The van der Waals surface area contributed by atoms with E-state index in [1.54, 1.807) is 12.1 Å². The zero-order valence-electron chi connectivity index (χ0n) is 7.93. The molecular weight excluding hydrogens is 186 g/mol. The van der Waals surface area contributed by atoms with Gasteiger partial charge in [0.1, 0.15) is 5.75 Å². The highest BCUT2D eigenvalue weighted by atomic mass is 16.5. The Morgan fingerprint density at radius 2 is 2.21 bits per heavy atom. The van der Waals surface area contributed by atoms with Crippen LogP contribution < -0.4 is 4.74 Å². The first-order chi connectivity index (χ1) is 6.69. The number of ether oxygens (including phenoxy) is 2. The fourth-order valence-corrected chi connectivity index (χ4v) is 1.02. The van der Waals surface area contributed by atoms with Crippen LogP contribution in [0.2, 0.25) is 0 Å². The van der Waals surface area contributed by atoms with Crippen LogP contribution >= 0.6 is 0 Å². The predicted octanol–water partition coefficient (Wildman–Crippen LogP) is 0.862. The average Bonchev–Trinajstić information content (AvgIpc) is 2.19. The average molecular weight is 197 g/mol. The normalized spacial score (nSPS) is 12.1. The largest absolute Gasteiger partial charge is 0.495 e. The van der Waals surface area contributed by atoms with E-state index in [0.717, 1.165) is 0 Å². The molecule has 14 heavy (non-hydrogen) atoms. The Morgan fingerprint density at radius 1 is 1.50 bits per heavy atom. The second-order valence-corrected chi connectivity index (χ2v) is 2.58. The maximum Gasteiger partial charge on any atom is 0.339 e. The number of rotatable bonds is 4. The Hall–Kier alpha value is -1.62. The van der Waals surface area contributed by atoms with Crippen LogP contribution in [0.3, 0.4) is 0 Å². The summed E-state index contributed by atoms with van der Waals surface area (Å²) >= 11 is 0. The third kappa shape index (κ3) is 2.20. The van der Waals surface area contributed by atoms with Crippen molar-refractivity contribution in [2.24, 2.45) is 0 Å². The van der Waals surface area contributed by atoms with E-state index in [2.05, 4.69) is 4.98 Å². The van der Waals surface area contributed by atoms with Crippen LogP contribution in [0.15, 0.2) is 18.3 Å². The smallest absolute Gasteiger partial charge is 0.339 e. The molecule has 1 heterocycles. The maximum atomic E-state index is 10.7. The summed E-state index contributed by atoms with van der Waals surface area (Å²) in [6.07, 6.45) is 0.422. The minimum Gasteiger partial charge on any atom is -0.495 e. The molecule has 1 atom stereocenters. The number of pyridine rings is 1. The first-order valence-electron chi connectivity index (χ1n) is 3.94. The van der Waals surface area contributed by atoms with Crippen molar-refractivity contribution in [1.29, 1.82) is 0 Å². The van der Waals surface area contributed by atoms with Crippen LogP contribution in [0.25, 0.3) is 0 Å². The Kier molecular flexibility index (Phi) is 3.41. The van der Waals surface area contributed by atoms with E-state index in [1.165, 1.54) is 20.4 Å². The van der Waals surface area contributed by atoms with Gasteiger partial charge in [0.15, 0.2) is 6.10 Å². The molecule has 1 rings (SSSR count). The van der Waals surface area contributed by atoms with Crippen molar-refractivity contribution in [3.05, 3.63) is 24.0 Å². The predicted molar refractivity (Wildman–Crippen MR) is 48.2 cm³/mol. The van der Waals surface area contributed by atoms with Gasteiger partial charge in [0.05, 0.1) is 19.0 Å². The minimum absolute atomic E-state index is 0.348. The lowest BCUT2D eigenvalue weighted by atomic mass is 10.2. The van der Waals surface area contributed by atoms with Crippen LogP contribution in [0.5, 0.6) is 5.75 Å². The van der Waals surface area contributed by atoms with Crippen molar-refractivity contribution in [3.8, 4) is 5.75 Å². The topological polar surface area (TPSA) is 68.7 Å². The fourth-order valence-electron chi connectivity index (χ4n) is 1.02. The van der Waals surface area contributed by atoms with Gasteiger partial charge in [0.2, 0.25) is 0 Å². The summed E-state index contributed by atoms with van der Waals surface area (Å²) in [5, 5.41) is 8.76. The molecular formula is C9H11NO4. The third-order valence-corrected chi connectivity index (χ3v) is 1.72. The monoisotopic (exact) mass is 197 g/mol. The van der Waals surface area contributed by atoms with E-state index in [-0.39, 0.29) is 0 Å². The van der Waals surface area contributed by atoms with Crippen molar-refractivity contribution >= 4 is 5.97 Å². The zero-order chi connectivity index (χ0) is 10.6. The number of aromatic nitrogens is 1. The molecule has 0 aliphatic carbocycles. The van der Waals surface area contributed by atoms with E-state index in [1.807, 2.05) is 0 Å². The van der Waals surface area contributed by atoms with Gasteiger partial charge in [-0.05, 0) is 12.1 Å². The summed E-state index contributed by atoms with van der Waals surface area (Å²) < 4.78 is 9.66. The zero-order valence-corrected chi connectivity index (χ0v) is 7.93. The number of hydrogen-bond donors (Lipinski definition) is 1. The van der Waals surface area contributed by atoms with Crippen molar-refractivity contribution < 1.29 is 19.4 Å². The fraction of sp³-hybridized carbons (Fsp3) is 0.333. The van der Waals surface area contributed by atoms with E-state index < -0.39 is 12.1 Å². The Labute approximate surface area is 81.3 Å². The summed E-state index contributed by atoms with van der Waals surface area (Å²) in [6.45, 7) is 0. The highest BCUT2D eigenvalue weighted by Crippen LogP contribution is 2.16. The Bertz CT molecular complexity index is 309.